The van der Waals surface area contributed by atoms with Crippen molar-refractivity contribution in [3.05, 3.63) is 96.2 Å². The van der Waals surface area contributed by atoms with Crippen molar-refractivity contribution in [2.75, 3.05) is 0 Å². The van der Waals surface area contributed by atoms with E-state index in [2.05, 4.69) is 31.7 Å². The van der Waals surface area contributed by atoms with Gasteiger partial charge in [-0.05, 0) is 42.0 Å². The van der Waals surface area contributed by atoms with Crippen LogP contribution in [0.25, 0.3) is 22.3 Å². The fourth-order valence-electron chi connectivity index (χ4n) is 3.23. The van der Waals surface area contributed by atoms with E-state index in [1.807, 2.05) is 78.9 Å². The van der Waals surface area contributed by atoms with E-state index in [0.29, 0.717) is 19.0 Å². The van der Waals surface area contributed by atoms with Gasteiger partial charge in [-0.15, -0.1) is 0 Å². The van der Waals surface area contributed by atoms with Crippen molar-refractivity contribution >= 4 is 10.9 Å². The molecule has 0 unspecified atom stereocenters. The van der Waals surface area contributed by atoms with Gasteiger partial charge in [0.05, 0.1) is 16.8 Å². The molecule has 2 N–H and O–H groups in total. The molecule has 7 heteroatoms. The van der Waals surface area contributed by atoms with E-state index < -0.39 is 0 Å². The van der Waals surface area contributed by atoms with Gasteiger partial charge in [0.25, 0.3) is 0 Å². The number of aromatic nitrogens is 5. The SMILES string of the molecule is c1cc(OCc2ccc(-c3nn[nH][nH+]3)cc2)cc(OCc2ccc3ccccc3n2)c1. The lowest BCUT2D eigenvalue weighted by Gasteiger charge is -2.10. The highest BCUT2D eigenvalue weighted by atomic mass is 16.5. The van der Waals surface area contributed by atoms with Crippen LogP contribution in [0.15, 0.2) is 84.9 Å². The molecule has 152 valence electrons. The second kappa shape index (κ2) is 8.62. The Balaban J connectivity index is 1.19. The quantitative estimate of drug-likeness (QED) is 0.438. The van der Waals surface area contributed by atoms with Gasteiger partial charge in [0.2, 0.25) is 0 Å². The monoisotopic (exact) mass is 410 g/mol. The van der Waals surface area contributed by atoms with Gasteiger partial charge in [-0.1, -0.05) is 47.7 Å². The molecule has 2 heterocycles. The Kier molecular flexibility index (Phi) is 5.22. The smallest absolute Gasteiger partial charge is 0.329 e. The Labute approximate surface area is 178 Å². The van der Waals surface area contributed by atoms with E-state index in [1.165, 1.54) is 0 Å². The Bertz CT molecular complexity index is 1290. The van der Waals surface area contributed by atoms with Crippen LogP contribution in [0, 0.1) is 0 Å². The fourth-order valence-corrected chi connectivity index (χ4v) is 3.23. The number of tetrazole rings is 1. The van der Waals surface area contributed by atoms with E-state index in [0.717, 1.165) is 39.2 Å². The minimum atomic E-state index is 0.398. The van der Waals surface area contributed by atoms with Crippen molar-refractivity contribution in [2.24, 2.45) is 0 Å². The maximum atomic E-state index is 5.94. The minimum absolute atomic E-state index is 0.398. The summed E-state index contributed by atoms with van der Waals surface area (Å²) in [5.41, 5.74) is 3.86. The van der Waals surface area contributed by atoms with Crippen molar-refractivity contribution in [3.63, 3.8) is 0 Å². The van der Waals surface area contributed by atoms with Gasteiger partial charge in [0.15, 0.2) is 5.21 Å². The van der Waals surface area contributed by atoms with Crippen molar-refractivity contribution in [3.8, 4) is 22.9 Å². The average molecular weight is 410 g/mol. The normalized spacial score (nSPS) is 10.8. The van der Waals surface area contributed by atoms with Crippen LogP contribution in [0.5, 0.6) is 11.5 Å². The standard InChI is InChI=1S/C24H19N5O2/c1-2-7-23-18(4-1)12-13-20(25-23)16-31-22-6-3-5-21(14-22)30-15-17-8-10-19(11-9-17)24-26-28-29-27-24/h1-14H,15-16H2,(H,26,27,28,29)/p+1. The molecule has 0 amide bonds. The van der Waals surface area contributed by atoms with Crippen LogP contribution in [0.2, 0.25) is 0 Å². The van der Waals surface area contributed by atoms with Crippen molar-refractivity contribution in [2.45, 2.75) is 13.2 Å². The maximum absolute atomic E-state index is 5.94. The third kappa shape index (κ3) is 4.51. The first-order valence-electron chi connectivity index (χ1n) is 9.92. The van der Waals surface area contributed by atoms with Crippen LogP contribution in [0.1, 0.15) is 11.3 Å². The molecule has 0 saturated carbocycles. The molecule has 3 aromatic carbocycles. The predicted molar refractivity (Wildman–Crippen MR) is 115 cm³/mol. The number of para-hydroxylation sites is 1. The summed E-state index contributed by atoms with van der Waals surface area (Å²) in [6.07, 6.45) is 0. The number of pyridine rings is 1. The summed E-state index contributed by atoms with van der Waals surface area (Å²) in [5, 5.41) is 14.2. The van der Waals surface area contributed by atoms with Gasteiger partial charge in [0.1, 0.15) is 29.8 Å². The highest BCUT2D eigenvalue weighted by Gasteiger charge is 2.09. The van der Waals surface area contributed by atoms with E-state index in [1.54, 1.807) is 0 Å². The molecule has 0 fully saturated rings. The number of fused-ring (bicyclic) bond motifs is 1. The number of rotatable bonds is 7. The molecule has 0 saturated heterocycles. The summed E-state index contributed by atoms with van der Waals surface area (Å²) >= 11 is 0. The van der Waals surface area contributed by atoms with Crippen LogP contribution in [-0.4, -0.2) is 20.5 Å². The molecule has 5 rings (SSSR count). The summed E-state index contributed by atoms with van der Waals surface area (Å²) in [4.78, 5) is 4.65. The number of benzene rings is 3. The third-order valence-electron chi connectivity index (χ3n) is 4.86. The average Bonchev–Trinajstić information content (AvgIpc) is 3.37. The largest absolute Gasteiger partial charge is 0.489 e. The number of nitrogens with one attached hydrogen (secondary N) is 2. The molecule has 0 aliphatic heterocycles. The van der Waals surface area contributed by atoms with Gasteiger partial charge < -0.3 is 9.47 Å². The van der Waals surface area contributed by atoms with Crippen LogP contribution in [0.3, 0.4) is 0 Å². The zero-order valence-corrected chi connectivity index (χ0v) is 16.7. The molecule has 2 aromatic heterocycles. The van der Waals surface area contributed by atoms with Crippen LogP contribution < -0.4 is 14.6 Å². The zero-order chi connectivity index (χ0) is 20.9. The first kappa shape index (κ1) is 18.7. The Morgan fingerprint density at radius 3 is 2.39 bits per heavy atom. The first-order chi connectivity index (χ1) is 15.3. The van der Waals surface area contributed by atoms with Gasteiger partial charge in [-0.2, -0.15) is 5.10 Å². The third-order valence-corrected chi connectivity index (χ3v) is 4.86. The molecule has 0 atom stereocenters. The van der Waals surface area contributed by atoms with Gasteiger partial charge >= 0.3 is 5.82 Å². The molecule has 31 heavy (non-hydrogen) atoms. The topological polar surface area (TPSA) is 87.1 Å². The zero-order valence-electron chi connectivity index (χ0n) is 16.7. The second-order valence-electron chi connectivity index (χ2n) is 7.03. The molecular formula is C24H20N5O2+. The number of nitrogens with zero attached hydrogens (tertiary/aromatic N) is 3. The number of ether oxygens (including phenoxy) is 2. The molecule has 7 nitrogen and oxygen atoms in total. The van der Waals surface area contributed by atoms with Crippen molar-refractivity contribution in [1.29, 1.82) is 0 Å². The van der Waals surface area contributed by atoms with Gasteiger partial charge in [0, 0.05) is 11.5 Å². The predicted octanol–water partition coefficient (Wildman–Crippen LogP) is 3.99. The Morgan fingerprint density at radius 2 is 1.58 bits per heavy atom. The van der Waals surface area contributed by atoms with Crippen LogP contribution in [0.4, 0.5) is 0 Å². The summed E-state index contributed by atoms with van der Waals surface area (Å²) in [6.45, 7) is 0.854. The second-order valence-corrected chi connectivity index (χ2v) is 7.03. The Hall–Kier alpha value is -4.26. The maximum Gasteiger partial charge on any atom is 0.329 e. The van der Waals surface area contributed by atoms with Crippen molar-refractivity contribution < 1.29 is 14.6 Å². The number of aromatic amines is 2. The molecule has 0 spiro atoms. The molecule has 0 aliphatic rings. The molecule has 5 aromatic rings. The van der Waals surface area contributed by atoms with Crippen LogP contribution in [-0.2, 0) is 13.2 Å². The van der Waals surface area contributed by atoms with E-state index >= 15 is 0 Å². The van der Waals surface area contributed by atoms with E-state index in [9.17, 15) is 0 Å². The number of hydrogen-bond donors (Lipinski definition) is 1. The highest BCUT2D eigenvalue weighted by molar-refractivity contribution is 5.78. The number of H-pyrrole nitrogens is 2. The lowest BCUT2D eigenvalue weighted by atomic mass is 10.1. The summed E-state index contributed by atoms with van der Waals surface area (Å²) in [5.74, 6) is 2.18. The highest BCUT2D eigenvalue weighted by Crippen LogP contribution is 2.22. The Morgan fingerprint density at radius 1 is 0.774 bits per heavy atom. The molecular weight excluding hydrogens is 390 g/mol. The lowest BCUT2D eigenvalue weighted by Crippen LogP contribution is -2.05. The summed E-state index contributed by atoms with van der Waals surface area (Å²) < 4.78 is 11.9. The van der Waals surface area contributed by atoms with E-state index in [4.69, 9.17) is 9.47 Å². The molecule has 0 radical (unpaired) electrons. The van der Waals surface area contributed by atoms with E-state index in [-0.39, 0.29) is 0 Å². The minimum Gasteiger partial charge on any atom is -0.489 e. The van der Waals surface area contributed by atoms with Gasteiger partial charge in [-0.3, -0.25) is 0 Å². The first-order valence-corrected chi connectivity index (χ1v) is 9.92. The van der Waals surface area contributed by atoms with Gasteiger partial charge in [-0.25, -0.2) is 4.98 Å². The summed E-state index contributed by atoms with van der Waals surface area (Å²) in [7, 11) is 0. The molecule has 0 bridgehead atoms. The van der Waals surface area contributed by atoms with Crippen molar-refractivity contribution in [1.82, 2.24) is 20.5 Å². The fraction of sp³-hybridized carbons (Fsp3) is 0.0833. The lowest BCUT2D eigenvalue weighted by molar-refractivity contribution is -0.444. The van der Waals surface area contributed by atoms with Crippen LogP contribution >= 0.6 is 0 Å². The molecule has 0 aliphatic carbocycles. The number of hydrogen-bond acceptors (Lipinski definition) is 5. The summed E-state index contributed by atoms with van der Waals surface area (Å²) in [6, 6.07) is 27.7.